The first-order valence-electron chi connectivity index (χ1n) is 5.35. The second-order valence-corrected chi connectivity index (χ2v) is 3.36. The standard InChI is InChI=1S/C11H19N3O/c1-2-7-15-8-3-5-14-11-4-6-13-9-10(11)12/h4,6,9H,2-3,5,7-8,12H2,1H3,(H,13,14). The van der Waals surface area contributed by atoms with Crippen molar-refractivity contribution in [1.29, 1.82) is 0 Å². The molecule has 4 nitrogen and oxygen atoms in total. The van der Waals surface area contributed by atoms with Crippen molar-refractivity contribution in [2.24, 2.45) is 0 Å². The average Bonchev–Trinajstić information content (AvgIpc) is 2.25. The van der Waals surface area contributed by atoms with Crippen molar-refractivity contribution in [2.75, 3.05) is 30.8 Å². The Bertz CT molecular complexity index is 278. The molecule has 15 heavy (non-hydrogen) atoms. The molecule has 0 saturated heterocycles. The number of nitrogens with two attached hydrogens (primary N) is 1. The topological polar surface area (TPSA) is 60.2 Å². The zero-order valence-electron chi connectivity index (χ0n) is 9.20. The molecule has 0 bridgehead atoms. The van der Waals surface area contributed by atoms with E-state index in [0.717, 1.165) is 38.3 Å². The predicted octanol–water partition coefficient (Wildman–Crippen LogP) is 1.89. The second-order valence-electron chi connectivity index (χ2n) is 3.36. The van der Waals surface area contributed by atoms with E-state index in [4.69, 9.17) is 10.5 Å². The molecule has 1 rings (SSSR count). The summed E-state index contributed by atoms with van der Waals surface area (Å²) in [6.07, 6.45) is 5.44. The minimum Gasteiger partial charge on any atom is -0.396 e. The van der Waals surface area contributed by atoms with Crippen LogP contribution in [0.5, 0.6) is 0 Å². The zero-order chi connectivity index (χ0) is 10.9. The lowest BCUT2D eigenvalue weighted by atomic mass is 10.3. The van der Waals surface area contributed by atoms with Crippen LogP contribution in [0.2, 0.25) is 0 Å². The highest BCUT2D eigenvalue weighted by Gasteiger charge is 1.96. The van der Waals surface area contributed by atoms with Gasteiger partial charge in [0.1, 0.15) is 0 Å². The smallest absolute Gasteiger partial charge is 0.0736 e. The number of nitrogen functional groups attached to an aromatic ring is 1. The van der Waals surface area contributed by atoms with E-state index in [1.807, 2.05) is 6.07 Å². The Morgan fingerprint density at radius 2 is 2.33 bits per heavy atom. The zero-order valence-corrected chi connectivity index (χ0v) is 9.20. The summed E-state index contributed by atoms with van der Waals surface area (Å²) in [7, 11) is 0. The first kappa shape index (κ1) is 11.8. The van der Waals surface area contributed by atoms with Crippen LogP contribution in [0.15, 0.2) is 18.5 Å². The Morgan fingerprint density at radius 1 is 1.47 bits per heavy atom. The normalized spacial score (nSPS) is 10.2. The third-order valence-corrected chi connectivity index (χ3v) is 1.98. The van der Waals surface area contributed by atoms with Gasteiger partial charge in [-0.05, 0) is 18.9 Å². The number of hydrogen-bond donors (Lipinski definition) is 2. The summed E-state index contributed by atoms with van der Waals surface area (Å²) >= 11 is 0. The van der Waals surface area contributed by atoms with Gasteiger partial charge in [-0.3, -0.25) is 4.98 Å². The maximum atomic E-state index is 5.73. The molecule has 3 N–H and O–H groups in total. The third-order valence-electron chi connectivity index (χ3n) is 1.98. The lowest BCUT2D eigenvalue weighted by molar-refractivity contribution is 0.134. The van der Waals surface area contributed by atoms with Crippen LogP contribution in [-0.2, 0) is 4.74 Å². The van der Waals surface area contributed by atoms with E-state index in [2.05, 4.69) is 17.2 Å². The van der Waals surface area contributed by atoms with E-state index >= 15 is 0 Å². The number of rotatable bonds is 7. The van der Waals surface area contributed by atoms with Crippen molar-refractivity contribution in [2.45, 2.75) is 19.8 Å². The number of nitrogens with zero attached hydrogens (tertiary/aromatic N) is 1. The maximum absolute atomic E-state index is 5.73. The van der Waals surface area contributed by atoms with Gasteiger partial charge in [0.2, 0.25) is 0 Å². The fourth-order valence-electron chi connectivity index (χ4n) is 1.21. The van der Waals surface area contributed by atoms with Crippen molar-refractivity contribution in [1.82, 2.24) is 4.98 Å². The molecular formula is C11H19N3O. The van der Waals surface area contributed by atoms with Crippen LogP contribution in [0.4, 0.5) is 11.4 Å². The first-order chi connectivity index (χ1) is 7.34. The molecule has 84 valence electrons. The monoisotopic (exact) mass is 209 g/mol. The summed E-state index contributed by atoms with van der Waals surface area (Å²) in [5.74, 6) is 0. The summed E-state index contributed by atoms with van der Waals surface area (Å²) in [5.41, 5.74) is 7.36. The van der Waals surface area contributed by atoms with Crippen LogP contribution in [0, 0.1) is 0 Å². The molecule has 0 unspecified atom stereocenters. The lowest BCUT2D eigenvalue weighted by Gasteiger charge is -2.08. The molecule has 4 heteroatoms. The van der Waals surface area contributed by atoms with Crippen LogP contribution in [0.25, 0.3) is 0 Å². The molecule has 1 heterocycles. The van der Waals surface area contributed by atoms with Gasteiger partial charge in [-0.1, -0.05) is 6.92 Å². The van der Waals surface area contributed by atoms with Crippen LogP contribution in [-0.4, -0.2) is 24.7 Å². The predicted molar refractivity (Wildman–Crippen MR) is 62.9 cm³/mol. The van der Waals surface area contributed by atoms with Gasteiger partial charge in [-0.2, -0.15) is 0 Å². The number of hydrogen-bond acceptors (Lipinski definition) is 4. The minimum atomic E-state index is 0.687. The summed E-state index contributed by atoms with van der Waals surface area (Å²) in [6.45, 7) is 4.62. The molecule has 0 aromatic carbocycles. The van der Waals surface area contributed by atoms with Crippen LogP contribution in [0.1, 0.15) is 19.8 Å². The number of aromatic nitrogens is 1. The highest BCUT2D eigenvalue weighted by Crippen LogP contribution is 2.14. The van der Waals surface area contributed by atoms with Gasteiger partial charge < -0.3 is 15.8 Å². The van der Waals surface area contributed by atoms with Gasteiger partial charge in [0.15, 0.2) is 0 Å². The highest BCUT2D eigenvalue weighted by atomic mass is 16.5. The summed E-state index contributed by atoms with van der Waals surface area (Å²) in [6, 6.07) is 1.88. The molecular weight excluding hydrogens is 190 g/mol. The first-order valence-corrected chi connectivity index (χ1v) is 5.35. The minimum absolute atomic E-state index is 0.687. The molecule has 0 aliphatic rings. The van der Waals surface area contributed by atoms with E-state index in [0.29, 0.717) is 5.69 Å². The molecule has 0 aliphatic carbocycles. The van der Waals surface area contributed by atoms with E-state index in [1.165, 1.54) is 0 Å². The van der Waals surface area contributed by atoms with Crippen molar-refractivity contribution < 1.29 is 4.74 Å². The van der Waals surface area contributed by atoms with Gasteiger partial charge >= 0.3 is 0 Å². The van der Waals surface area contributed by atoms with Gasteiger partial charge in [0, 0.05) is 26.0 Å². The molecule has 0 amide bonds. The largest absolute Gasteiger partial charge is 0.396 e. The molecule has 0 spiro atoms. The molecule has 1 aromatic heterocycles. The van der Waals surface area contributed by atoms with Crippen molar-refractivity contribution >= 4 is 11.4 Å². The summed E-state index contributed by atoms with van der Waals surface area (Å²) in [5, 5.41) is 3.24. The number of anilines is 2. The third kappa shape index (κ3) is 4.65. The number of nitrogens with one attached hydrogen (secondary N) is 1. The van der Waals surface area contributed by atoms with Crippen LogP contribution >= 0.6 is 0 Å². The molecule has 0 saturated carbocycles. The Balaban J connectivity index is 2.12. The Kier molecular flexibility index (Phi) is 5.55. The molecule has 0 radical (unpaired) electrons. The van der Waals surface area contributed by atoms with Gasteiger partial charge in [-0.15, -0.1) is 0 Å². The highest BCUT2D eigenvalue weighted by molar-refractivity contribution is 5.63. The van der Waals surface area contributed by atoms with E-state index in [9.17, 15) is 0 Å². The summed E-state index contributed by atoms with van der Waals surface area (Å²) < 4.78 is 5.37. The summed E-state index contributed by atoms with van der Waals surface area (Å²) in [4.78, 5) is 3.92. The molecule has 0 fully saturated rings. The molecule has 1 aromatic rings. The van der Waals surface area contributed by atoms with Crippen LogP contribution in [0.3, 0.4) is 0 Å². The second kappa shape index (κ2) is 7.06. The quantitative estimate of drug-likeness (QED) is 0.673. The Labute approximate surface area is 90.8 Å². The van der Waals surface area contributed by atoms with Gasteiger partial charge in [0.25, 0.3) is 0 Å². The van der Waals surface area contributed by atoms with Crippen molar-refractivity contribution in [3.8, 4) is 0 Å². The lowest BCUT2D eigenvalue weighted by Crippen LogP contribution is -2.07. The molecule has 0 aliphatic heterocycles. The number of ether oxygens (including phenoxy) is 1. The van der Waals surface area contributed by atoms with Gasteiger partial charge in [0.05, 0.1) is 17.6 Å². The average molecular weight is 209 g/mol. The molecule has 0 atom stereocenters. The van der Waals surface area contributed by atoms with Crippen LogP contribution < -0.4 is 11.1 Å². The van der Waals surface area contributed by atoms with Crippen molar-refractivity contribution in [3.05, 3.63) is 18.5 Å². The van der Waals surface area contributed by atoms with E-state index < -0.39 is 0 Å². The van der Waals surface area contributed by atoms with E-state index in [-0.39, 0.29) is 0 Å². The fraction of sp³-hybridized carbons (Fsp3) is 0.545. The fourth-order valence-corrected chi connectivity index (χ4v) is 1.21. The van der Waals surface area contributed by atoms with E-state index in [1.54, 1.807) is 12.4 Å². The van der Waals surface area contributed by atoms with Crippen molar-refractivity contribution in [3.63, 3.8) is 0 Å². The maximum Gasteiger partial charge on any atom is 0.0736 e. The Morgan fingerprint density at radius 3 is 3.07 bits per heavy atom. The number of pyridine rings is 1. The van der Waals surface area contributed by atoms with Gasteiger partial charge in [-0.25, -0.2) is 0 Å². The Hall–Kier alpha value is -1.29. The SMILES string of the molecule is CCCOCCCNc1ccncc1N.